The van der Waals surface area contributed by atoms with Gasteiger partial charge in [0, 0.05) is 19.2 Å². The third-order valence-electron chi connectivity index (χ3n) is 1.85. The van der Waals surface area contributed by atoms with E-state index in [-0.39, 0.29) is 0 Å². The third-order valence-corrected chi connectivity index (χ3v) is 1.85. The fourth-order valence-electron chi connectivity index (χ4n) is 1.15. The third kappa shape index (κ3) is 3.73. The number of nitrogens with one attached hydrogen (secondary N) is 1. The van der Waals surface area contributed by atoms with E-state index in [0.717, 1.165) is 19.8 Å². The maximum atomic E-state index is 5.26. The lowest BCUT2D eigenvalue weighted by molar-refractivity contribution is 0.187. The minimum Gasteiger partial charge on any atom is -0.380 e. The van der Waals surface area contributed by atoms with E-state index >= 15 is 0 Å². The summed E-state index contributed by atoms with van der Waals surface area (Å²) in [5, 5.41) is 3.50. The van der Waals surface area contributed by atoms with Crippen molar-refractivity contribution in [2.24, 2.45) is 5.41 Å². The second kappa shape index (κ2) is 3.55. The summed E-state index contributed by atoms with van der Waals surface area (Å²) >= 11 is 0. The molecule has 2 heteroatoms. The van der Waals surface area contributed by atoms with E-state index in [1.54, 1.807) is 0 Å². The summed E-state index contributed by atoms with van der Waals surface area (Å²) in [6.45, 7) is 9.65. The van der Waals surface area contributed by atoms with Crippen molar-refractivity contribution in [2.75, 3.05) is 19.8 Å². The fraction of sp³-hybridized carbons (Fsp3) is 1.00. The van der Waals surface area contributed by atoms with Gasteiger partial charge in [0.15, 0.2) is 0 Å². The Morgan fingerprint density at radius 3 is 2.64 bits per heavy atom. The van der Waals surface area contributed by atoms with Gasteiger partial charge in [0.1, 0.15) is 0 Å². The van der Waals surface area contributed by atoms with Gasteiger partial charge in [0.2, 0.25) is 0 Å². The SMILES string of the molecule is CC(C)(C)CN[C@@H]1CCOC1. The van der Waals surface area contributed by atoms with Gasteiger partial charge in [0.05, 0.1) is 6.61 Å². The van der Waals surface area contributed by atoms with Gasteiger partial charge in [-0.2, -0.15) is 0 Å². The van der Waals surface area contributed by atoms with Crippen LogP contribution in [0.3, 0.4) is 0 Å². The maximum absolute atomic E-state index is 5.26. The largest absolute Gasteiger partial charge is 0.380 e. The Labute approximate surface area is 69.3 Å². The van der Waals surface area contributed by atoms with Gasteiger partial charge >= 0.3 is 0 Å². The van der Waals surface area contributed by atoms with E-state index in [2.05, 4.69) is 26.1 Å². The molecule has 0 aromatic heterocycles. The van der Waals surface area contributed by atoms with Crippen molar-refractivity contribution in [3.8, 4) is 0 Å². The van der Waals surface area contributed by atoms with E-state index in [9.17, 15) is 0 Å². The highest BCUT2D eigenvalue weighted by Gasteiger charge is 2.17. The minimum absolute atomic E-state index is 0.391. The Morgan fingerprint density at radius 2 is 2.18 bits per heavy atom. The lowest BCUT2D eigenvalue weighted by Gasteiger charge is -2.21. The minimum atomic E-state index is 0.391. The van der Waals surface area contributed by atoms with Gasteiger partial charge in [-0.25, -0.2) is 0 Å². The molecule has 1 heterocycles. The van der Waals surface area contributed by atoms with Crippen LogP contribution in [0, 0.1) is 5.41 Å². The molecule has 0 aromatic rings. The molecule has 1 saturated heterocycles. The Balaban J connectivity index is 2.11. The first-order chi connectivity index (χ1) is 5.08. The van der Waals surface area contributed by atoms with Crippen molar-refractivity contribution in [3.05, 3.63) is 0 Å². The fourth-order valence-corrected chi connectivity index (χ4v) is 1.15. The van der Waals surface area contributed by atoms with Crippen LogP contribution in [0.5, 0.6) is 0 Å². The molecule has 1 aliphatic heterocycles. The number of ether oxygens (including phenoxy) is 1. The predicted molar refractivity (Wildman–Crippen MR) is 46.7 cm³/mol. The molecule has 0 unspecified atom stereocenters. The standard InChI is InChI=1S/C9H19NO/c1-9(2,3)7-10-8-4-5-11-6-8/h8,10H,4-7H2,1-3H3/t8-/m1/s1. The molecule has 2 nitrogen and oxygen atoms in total. The lowest BCUT2D eigenvalue weighted by Crippen LogP contribution is -2.35. The summed E-state index contributed by atoms with van der Waals surface area (Å²) in [6.07, 6.45) is 1.18. The smallest absolute Gasteiger partial charge is 0.0620 e. The molecule has 0 aromatic carbocycles. The van der Waals surface area contributed by atoms with Crippen molar-refractivity contribution in [1.82, 2.24) is 5.32 Å². The highest BCUT2D eigenvalue weighted by atomic mass is 16.5. The summed E-state index contributed by atoms with van der Waals surface area (Å²) < 4.78 is 5.26. The van der Waals surface area contributed by atoms with Crippen LogP contribution < -0.4 is 5.32 Å². The Morgan fingerprint density at radius 1 is 1.45 bits per heavy atom. The summed E-state index contributed by atoms with van der Waals surface area (Å²) in [5.74, 6) is 0. The van der Waals surface area contributed by atoms with E-state index in [1.165, 1.54) is 6.42 Å². The molecule has 0 radical (unpaired) electrons. The Bertz CT molecular complexity index is 111. The first kappa shape index (κ1) is 9.01. The topological polar surface area (TPSA) is 21.3 Å². The van der Waals surface area contributed by atoms with Gasteiger partial charge < -0.3 is 10.1 Å². The van der Waals surface area contributed by atoms with Crippen LogP contribution in [0.15, 0.2) is 0 Å². The molecule has 0 aliphatic carbocycles. The summed E-state index contributed by atoms with van der Waals surface area (Å²) in [4.78, 5) is 0. The molecule has 0 bridgehead atoms. The van der Waals surface area contributed by atoms with Crippen molar-refractivity contribution in [1.29, 1.82) is 0 Å². The van der Waals surface area contributed by atoms with Crippen LogP contribution >= 0.6 is 0 Å². The Kier molecular flexibility index (Phi) is 2.90. The van der Waals surface area contributed by atoms with E-state index in [4.69, 9.17) is 4.74 Å². The number of hydrogen-bond acceptors (Lipinski definition) is 2. The lowest BCUT2D eigenvalue weighted by atomic mass is 9.96. The highest BCUT2D eigenvalue weighted by Crippen LogP contribution is 2.12. The molecule has 1 aliphatic rings. The molecular weight excluding hydrogens is 138 g/mol. The quantitative estimate of drug-likeness (QED) is 0.654. The molecule has 11 heavy (non-hydrogen) atoms. The molecule has 1 atom stereocenters. The van der Waals surface area contributed by atoms with E-state index < -0.39 is 0 Å². The maximum Gasteiger partial charge on any atom is 0.0620 e. The van der Waals surface area contributed by atoms with Crippen LogP contribution in [0.25, 0.3) is 0 Å². The van der Waals surface area contributed by atoms with Gasteiger partial charge in [-0.05, 0) is 11.8 Å². The summed E-state index contributed by atoms with van der Waals surface area (Å²) in [6, 6.07) is 0.606. The van der Waals surface area contributed by atoms with Crippen LogP contribution in [-0.4, -0.2) is 25.8 Å². The van der Waals surface area contributed by atoms with Crippen LogP contribution in [-0.2, 0) is 4.74 Å². The highest BCUT2D eigenvalue weighted by molar-refractivity contribution is 4.74. The van der Waals surface area contributed by atoms with Crippen molar-refractivity contribution in [3.63, 3.8) is 0 Å². The molecule has 1 fully saturated rings. The zero-order valence-electron chi connectivity index (χ0n) is 7.81. The second-order valence-corrected chi connectivity index (χ2v) is 4.50. The second-order valence-electron chi connectivity index (χ2n) is 4.50. The van der Waals surface area contributed by atoms with Crippen molar-refractivity contribution >= 4 is 0 Å². The Hall–Kier alpha value is -0.0800. The molecule has 66 valence electrons. The summed E-state index contributed by atoms with van der Waals surface area (Å²) in [7, 11) is 0. The van der Waals surface area contributed by atoms with Gasteiger partial charge in [0.25, 0.3) is 0 Å². The molecule has 0 amide bonds. The number of hydrogen-bond donors (Lipinski definition) is 1. The van der Waals surface area contributed by atoms with Crippen LogP contribution in [0.4, 0.5) is 0 Å². The van der Waals surface area contributed by atoms with Crippen molar-refractivity contribution in [2.45, 2.75) is 33.2 Å². The zero-order chi connectivity index (χ0) is 8.32. The first-order valence-electron chi connectivity index (χ1n) is 4.39. The van der Waals surface area contributed by atoms with Crippen LogP contribution in [0.1, 0.15) is 27.2 Å². The van der Waals surface area contributed by atoms with E-state index in [1.807, 2.05) is 0 Å². The van der Waals surface area contributed by atoms with Gasteiger partial charge in [-0.3, -0.25) is 0 Å². The molecule has 0 saturated carbocycles. The molecule has 0 spiro atoms. The predicted octanol–water partition coefficient (Wildman–Crippen LogP) is 1.41. The van der Waals surface area contributed by atoms with Gasteiger partial charge in [-0.15, -0.1) is 0 Å². The number of rotatable bonds is 2. The molecule has 1 N–H and O–H groups in total. The van der Waals surface area contributed by atoms with Crippen molar-refractivity contribution < 1.29 is 4.74 Å². The normalized spacial score (nSPS) is 25.9. The average molecular weight is 157 g/mol. The van der Waals surface area contributed by atoms with Gasteiger partial charge in [-0.1, -0.05) is 20.8 Å². The molecular formula is C9H19NO. The van der Waals surface area contributed by atoms with E-state index in [0.29, 0.717) is 11.5 Å². The average Bonchev–Trinajstić information content (AvgIpc) is 2.32. The summed E-state index contributed by atoms with van der Waals surface area (Å²) in [5.41, 5.74) is 0.391. The monoisotopic (exact) mass is 157 g/mol. The zero-order valence-corrected chi connectivity index (χ0v) is 7.81. The first-order valence-corrected chi connectivity index (χ1v) is 4.39. The van der Waals surface area contributed by atoms with Crippen LogP contribution in [0.2, 0.25) is 0 Å². The molecule has 1 rings (SSSR count).